The highest BCUT2D eigenvalue weighted by molar-refractivity contribution is 5.94. The maximum Gasteiger partial charge on any atom is 0.253 e. The maximum absolute atomic E-state index is 12.8. The summed E-state index contributed by atoms with van der Waals surface area (Å²) in [5.41, 5.74) is 3.24. The van der Waals surface area contributed by atoms with Crippen molar-refractivity contribution in [3.63, 3.8) is 0 Å². The van der Waals surface area contributed by atoms with Crippen LogP contribution in [0.1, 0.15) is 67.1 Å². The molecule has 0 aromatic heterocycles. The molecule has 4 rings (SSSR count). The number of fused-ring (bicyclic) bond motifs is 2. The minimum atomic E-state index is 0.106. The third-order valence-electron chi connectivity index (χ3n) is 7.72. The van der Waals surface area contributed by atoms with Gasteiger partial charge in [-0.3, -0.25) is 14.6 Å². The Balaban J connectivity index is 1.68. The second kappa shape index (κ2) is 10.7. The molecule has 0 spiro atoms. The number of hydrogen-bond acceptors (Lipinski definition) is 4. The highest BCUT2D eigenvalue weighted by atomic mass is 16.5. The molecule has 2 bridgehead atoms. The van der Waals surface area contributed by atoms with Crippen molar-refractivity contribution in [2.75, 3.05) is 40.3 Å². The summed E-state index contributed by atoms with van der Waals surface area (Å²) in [5, 5.41) is 0. The molecule has 2 aliphatic heterocycles. The number of hydrogen-bond donors (Lipinski definition) is 0. The van der Waals surface area contributed by atoms with Gasteiger partial charge in [-0.05, 0) is 75.5 Å². The van der Waals surface area contributed by atoms with Crippen molar-refractivity contribution >= 4 is 5.91 Å². The van der Waals surface area contributed by atoms with Crippen LogP contribution in [0.5, 0.6) is 5.75 Å². The average molecular weight is 450 g/mol. The molecule has 2 saturated heterocycles. The minimum Gasteiger partial charge on any atom is -0.497 e. The largest absolute Gasteiger partial charge is 0.497 e. The predicted molar refractivity (Wildman–Crippen MR) is 134 cm³/mol. The Bertz CT molecular complexity index is 925. The number of amides is 1. The SMILES string of the molecule is CCN(CC)C(=O)c1ccc(C(c2cccc(OC)c2)N2CCC3CCCC(C2)N3C)cc1. The summed E-state index contributed by atoms with van der Waals surface area (Å²) in [6, 6.07) is 18.2. The van der Waals surface area contributed by atoms with Crippen LogP contribution in [-0.4, -0.2) is 73.0 Å². The quantitative estimate of drug-likeness (QED) is 0.607. The number of carbonyl (C=O) groups excluding carboxylic acids is 1. The van der Waals surface area contributed by atoms with Crippen molar-refractivity contribution in [1.82, 2.24) is 14.7 Å². The van der Waals surface area contributed by atoms with Crippen molar-refractivity contribution in [2.45, 2.75) is 57.7 Å². The molecule has 3 unspecified atom stereocenters. The van der Waals surface area contributed by atoms with Gasteiger partial charge in [0.05, 0.1) is 13.2 Å². The van der Waals surface area contributed by atoms with E-state index < -0.39 is 0 Å². The Morgan fingerprint density at radius 2 is 1.76 bits per heavy atom. The fourth-order valence-electron chi connectivity index (χ4n) is 5.70. The number of benzene rings is 2. The van der Waals surface area contributed by atoms with Crippen molar-refractivity contribution in [3.8, 4) is 5.75 Å². The number of methoxy groups -OCH3 is 1. The first-order chi connectivity index (χ1) is 16.0. The summed E-state index contributed by atoms with van der Waals surface area (Å²) in [6.07, 6.45) is 5.12. The smallest absolute Gasteiger partial charge is 0.253 e. The third kappa shape index (κ3) is 5.10. The van der Waals surface area contributed by atoms with Crippen LogP contribution in [-0.2, 0) is 0 Å². The number of carbonyl (C=O) groups is 1. The molecular formula is C28H39N3O2. The molecule has 2 heterocycles. The Morgan fingerprint density at radius 3 is 2.45 bits per heavy atom. The summed E-state index contributed by atoms with van der Waals surface area (Å²) in [6.45, 7) is 7.66. The lowest BCUT2D eigenvalue weighted by molar-refractivity contribution is 0.0773. The molecule has 33 heavy (non-hydrogen) atoms. The Morgan fingerprint density at radius 1 is 1.03 bits per heavy atom. The van der Waals surface area contributed by atoms with E-state index >= 15 is 0 Å². The van der Waals surface area contributed by atoms with E-state index in [-0.39, 0.29) is 11.9 Å². The molecule has 2 aliphatic rings. The van der Waals surface area contributed by atoms with Crippen LogP contribution in [0.2, 0.25) is 0 Å². The Hall–Kier alpha value is -2.37. The summed E-state index contributed by atoms with van der Waals surface area (Å²) < 4.78 is 5.56. The van der Waals surface area contributed by atoms with Gasteiger partial charge in [-0.1, -0.05) is 30.7 Å². The Labute approximate surface area is 199 Å². The van der Waals surface area contributed by atoms with Gasteiger partial charge in [0, 0.05) is 43.8 Å². The van der Waals surface area contributed by atoms with Crippen molar-refractivity contribution < 1.29 is 9.53 Å². The summed E-state index contributed by atoms with van der Waals surface area (Å²) >= 11 is 0. The first-order valence-electron chi connectivity index (χ1n) is 12.5. The van der Waals surface area contributed by atoms with Crippen LogP contribution < -0.4 is 4.74 Å². The van der Waals surface area contributed by atoms with Gasteiger partial charge in [0.2, 0.25) is 0 Å². The van der Waals surface area contributed by atoms with Gasteiger partial charge in [-0.2, -0.15) is 0 Å². The maximum atomic E-state index is 12.8. The molecule has 178 valence electrons. The van der Waals surface area contributed by atoms with Gasteiger partial charge in [-0.25, -0.2) is 0 Å². The van der Waals surface area contributed by atoms with Gasteiger partial charge < -0.3 is 9.64 Å². The second-order valence-corrected chi connectivity index (χ2v) is 9.47. The zero-order chi connectivity index (χ0) is 23.4. The average Bonchev–Trinajstić information content (AvgIpc) is 2.92. The molecular weight excluding hydrogens is 410 g/mol. The van der Waals surface area contributed by atoms with E-state index in [1.165, 1.54) is 36.8 Å². The third-order valence-corrected chi connectivity index (χ3v) is 7.72. The molecule has 0 radical (unpaired) electrons. The molecule has 3 atom stereocenters. The van der Waals surface area contributed by atoms with Crippen LogP contribution >= 0.6 is 0 Å². The van der Waals surface area contributed by atoms with Gasteiger partial charge in [-0.15, -0.1) is 0 Å². The van der Waals surface area contributed by atoms with Crippen LogP contribution in [0.15, 0.2) is 48.5 Å². The van der Waals surface area contributed by atoms with Crippen LogP contribution in [0.3, 0.4) is 0 Å². The second-order valence-electron chi connectivity index (χ2n) is 9.47. The van der Waals surface area contributed by atoms with Gasteiger partial charge >= 0.3 is 0 Å². The summed E-state index contributed by atoms with van der Waals surface area (Å²) in [4.78, 5) is 20.0. The summed E-state index contributed by atoms with van der Waals surface area (Å²) in [5.74, 6) is 0.992. The zero-order valence-corrected chi connectivity index (χ0v) is 20.7. The normalized spacial score (nSPS) is 22.4. The van der Waals surface area contributed by atoms with Crippen LogP contribution in [0, 0.1) is 0 Å². The number of piperidine rings is 1. The van der Waals surface area contributed by atoms with Gasteiger partial charge in [0.25, 0.3) is 5.91 Å². The standard InChI is InChI=1S/C28H39N3O2/c1-5-30(6-2)28(32)22-15-13-21(14-16-22)27(23-9-7-12-26(19-23)33-4)31-18-17-24-10-8-11-25(20-31)29(24)3/h7,9,12-16,19,24-25,27H,5-6,8,10-11,17-18,20H2,1-4H3. The van der Waals surface area contributed by atoms with E-state index in [4.69, 9.17) is 4.74 Å². The molecule has 5 heteroatoms. The van der Waals surface area contributed by atoms with E-state index in [1.807, 2.05) is 36.9 Å². The molecule has 0 aliphatic carbocycles. The monoisotopic (exact) mass is 449 g/mol. The van der Waals surface area contributed by atoms with Crippen molar-refractivity contribution in [3.05, 3.63) is 65.2 Å². The van der Waals surface area contributed by atoms with Gasteiger partial charge in [0.15, 0.2) is 0 Å². The van der Waals surface area contributed by atoms with Crippen molar-refractivity contribution in [2.24, 2.45) is 0 Å². The molecule has 2 aromatic rings. The molecule has 2 fully saturated rings. The fourth-order valence-corrected chi connectivity index (χ4v) is 5.70. The molecule has 1 amide bonds. The molecule has 2 aromatic carbocycles. The van der Waals surface area contributed by atoms with E-state index in [0.29, 0.717) is 12.1 Å². The van der Waals surface area contributed by atoms with Gasteiger partial charge in [0.1, 0.15) is 5.75 Å². The zero-order valence-electron chi connectivity index (χ0n) is 20.7. The topological polar surface area (TPSA) is 36.0 Å². The highest BCUT2D eigenvalue weighted by Gasteiger charge is 2.35. The lowest BCUT2D eigenvalue weighted by atomic mass is 9.94. The first kappa shape index (κ1) is 23.8. The number of likely N-dealkylation sites (N-methyl/N-ethyl adjacent to an activating group) is 1. The lowest BCUT2D eigenvalue weighted by Gasteiger charge is -2.39. The van der Waals surface area contributed by atoms with Crippen molar-refractivity contribution in [1.29, 1.82) is 0 Å². The Kier molecular flexibility index (Phi) is 7.71. The van der Waals surface area contributed by atoms with E-state index in [0.717, 1.165) is 37.5 Å². The first-order valence-corrected chi connectivity index (χ1v) is 12.5. The van der Waals surface area contributed by atoms with Crippen LogP contribution in [0.4, 0.5) is 0 Å². The molecule has 0 saturated carbocycles. The predicted octanol–water partition coefficient (Wildman–Crippen LogP) is 4.83. The number of ether oxygens (including phenoxy) is 1. The summed E-state index contributed by atoms with van der Waals surface area (Å²) in [7, 11) is 4.04. The lowest BCUT2D eigenvalue weighted by Crippen LogP contribution is -2.46. The molecule has 5 nitrogen and oxygen atoms in total. The number of rotatable bonds is 7. The fraction of sp³-hybridized carbons (Fsp3) is 0.536. The number of nitrogens with zero attached hydrogens (tertiary/aromatic N) is 3. The molecule has 0 N–H and O–H groups in total. The highest BCUT2D eigenvalue weighted by Crippen LogP contribution is 2.36. The van der Waals surface area contributed by atoms with E-state index in [9.17, 15) is 4.79 Å². The van der Waals surface area contributed by atoms with Crippen LogP contribution in [0.25, 0.3) is 0 Å². The minimum absolute atomic E-state index is 0.106. The van der Waals surface area contributed by atoms with E-state index in [2.05, 4.69) is 47.2 Å². The van der Waals surface area contributed by atoms with E-state index in [1.54, 1.807) is 7.11 Å².